The van der Waals surface area contributed by atoms with Crippen molar-refractivity contribution >= 4 is 5.78 Å². The van der Waals surface area contributed by atoms with E-state index in [0.29, 0.717) is 18.6 Å². The number of carbonyl (C=O) groups excluding carboxylic acids is 1. The molecule has 0 aliphatic heterocycles. The third kappa shape index (κ3) is 4.50. The predicted molar refractivity (Wildman–Crippen MR) is 48.1 cm³/mol. The van der Waals surface area contributed by atoms with Gasteiger partial charge in [0.15, 0.2) is 0 Å². The molecule has 0 bridgehead atoms. The molecule has 70 valence electrons. The lowest BCUT2D eigenvalue weighted by atomic mass is 10.2. The number of carbonyl (C=O) groups is 1. The molecule has 1 aliphatic carbocycles. The van der Waals surface area contributed by atoms with Gasteiger partial charge in [-0.1, -0.05) is 6.92 Å². The summed E-state index contributed by atoms with van der Waals surface area (Å²) in [7, 11) is 0. The molecule has 0 atom stereocenters. The summed E-state index contributed by atoms with van der Waals surface area (Å²) in [5, 5.41) is 0. The van der Waals surface area contributed by atoms with Crippen LogP contribution in [0.2, 0.25) is 0 Å². The molecule has 0 spiro atoms. The molecule has 0 radical (unpaired) electrons. The van der Waals surface area contributed by atoms with E-state index in [1.165, 1.54) is 12.8 Å². The lowest BCUT2D eigenvalue weighted by Crippen LogP contribution is -2.02. The van der Waals surface area contributed by atoms with Crippen LogP contribution in [-0.4, -0.2) is 19.0 Å². The highest BCUT2D eigenvalue weighted by atomic mass is 16.5. The summed E-state index contributed by atoms with van der Waals surface area (Å²) in [4.78, 5) is 10.9. The fourth-order valence-electron chi connectivity index (χ4n) is 1.08. The van der Waals surface area contributed by atoms with Crippen LogP contribution in [0.5, 0.6) is 0 Å². The zero-order valence-electron chi connectivity index (χ0n) is 7.84. The van der Waals surface area contributed by atoms with Crippen molar-refractivity contribution in [1.29, 1.82) is 0 Å². The minimum atomic E-state index is 0.352. The Hall–Kier alpha value is -0.370. The van der Waals surface area contributed by atoms with Crippen LogP contribution in [0, 0.1) is 5.92 Å². The molecule has 1 rings (SSSR count). The Labute approximate surface area is 74.3 Å². The van der Waals surface area contributed by atoms with Crippen molar-refractivity contribution in [1.82, 2.24) is 0 Å². The van der Waals surface area contributed by atoms with E-state index in [1.54, 1.807) is 0 Å². The van der Waals surface area contributed by atoms with Gasteiger partial charge in [0.05, 0.1) is 0 Å². The average molecular weight is 170 g/mol. The lowest BCUT2D eigenvalue weighted by Gasteiger charge is -2.01. The maximum atomic E-state index is 10.9. The van der Waals surface area contributed by atoms with Crippen LogP contribution in [0.1, 0.15) is 39.0 Å². The Morgan fingerprint density at radius 1 is 1.50 bits per heavy atom. The Morgan fingerprint density at radius 2 is 2.25 bits per heavy atom. The van der Waals surface area contributed by atoms with Gasteiger partial charge in [0.1, 0.15) is 5.78 Å². The van der Waals surface area contributed by atoms with Crippen LogP contribution in [-0.2, 0) is 9.53 Å². The number of rotatable bonds is 7. The number of ketones is 1. The predicted octanol–water partition coefficient (Wildman–Crippen LogP) is 2.17. The van der Waals surface area contributed by atoms with Crippen molar-refractivity contribution in [3.8, 4) is 0 Å². The van der Waals surface area contributed by atoms with Crippen LogP contribution < -0.4 is 0 Å². The summed E-state index contributed by atoms with van der Waals surface area (Å²) in [5.41, 5.74) is 0. The molecule has 0 aromatic carbocycles. The van der Waals surface area contributed by atoms with Gasteiger partial charge in [-0.15, -0.1) is 0 Å². The first-order valence-electron chi connectivity index (χ1n) is 4.92. The quantitative estimate of drug-likeness (QED) is 0.547. The Kier molecular flexibility index (Phi) is 4.30. The highest BCUT2D eigenvalue weighted by molar-refractivity contribution is 5.77. The zero-order valence-corrected chi connectivity index (χ0v) is 7.84. The van der Waals surface area contributed by atoms with Crippen molar-refractivity contribution in [3.05, 3.63) is 0 Å². The molecule has 1 saturated carbocycles. The van der Waals surface area contributed by atoms with Crippen LogP contribution in [0.15, 0.2) is 0 Å². The van der Waals surface area contributed by atoms with Gasteiger partial charge in [0.2, 0.25) is 0 Å². The van der Waals surface area contributed by atoms with Gasteiger partial charge in [-0.25, -0.2) is 0 Å². The van der Waals surface area contributed by atoms with E-state index in [2.05, 4.69) is 0 Å². The van der Waals surface area contributed by atoms with E-state index < -0.39 is 0 Å². The highest BCUT2D eigenvalue weighted by Crippen LogP contribution is 2.28. The molecule has 1 aliphatic rings. The Morgan fingerprint density at radius 3 is 2.83 bits per heavy atom. The van der Waals surface area contributed by atoms with E-state index in [1.807, 2.05) is 6.92 Å². The van der Waals surface area contributed by atoms with Crippen LogP contribution in [0.4, 0.5) is 0 Å². The Bertz CT molecular complexity index is 139. The summed E-state index contributed by atoms with van der Waals surface area (Å²) < 4.78 is 5.40. The SMILES string of the molecule is CCC(=O)CCCOCC1CC1. The van der Waals surface area contributed by atoms with Gasteiger partial charge in [-0.2, -0.15) is 0 Å². The van der Waals surface area contributed by atoms with Crippen molar-refractivity contribution in [2.45, 2.75) is 39.0 Å². The third-order valence-electron chi connectivity index (χ3n) is 2.19. The molecular weight excluding hydrogens is 152 g/mol. The molecule has 1 fully saturated rings. The molecule has 0 aromatic heterocycles. The van der Waals surface area contributed by atoms with Crippen molar-refractivity contribution in [3.63, 3.8) is 0 Å². The normalized spacial score (nSPS) is 16.4. The fraction of sp³-hybridized carbons (Fsp3) is 0.900. The zero-order chi connectivity index (χ0) is 8.81. The molecule has 0 heterocycles. The molecule has 0 amide bonds. The number of hydrogen-bond acceptors (Lipinski definition) is 2. The first kappa shape index (κ1) is 9.72. The van der Waals surface area contributed by atoms with Gasteiger partial charge in [0.25, 0.3) is 0 Å². The molecule has 0 N–H and O–H groups in total. The van der Waals surface area contributed by atoms with E-state index in [0.717, 1.165) is 25.6 Å². The first-order valence-corrected chi connectivity index (χ1v) is 4.92. The van der Waals surface area contributed by atoms with Crippen molar-refractivity contribution in [2.75, 3.05) is 13.2 Å². The van der Waals surface area contributed by atoms with Gasteiger partial charge in [-0.3, -0.25) is 4.79 Å². The number of Topliss-reactive ketones (excluding diaryl/α,β-unsaturated/α-hetero) is 1. The second-order valence-electron chi connectivity index (χ2n) is 3.51. The molecular formula is C10H18O2. The number of hydrogen-bond donors (Lipinski definition) is 0. The molecule has 0 unspecified atom stereocenters. The van der Waals surface area contributed by atoms with Crippen molar-refractivity contribution in [2.24, 2.45) is 5.92 Å². The van der Waals surface area contributed by atoms with Crippen LogP contribution >= 0.6 is 0 Å². The largest absolute Gasteiger partial charge is 0.381 e. The topological polar surface area (TPSA) is 26.3 Å². The minimum Gasteiger partial charge on any atom is -0.381 e. The minimum absolute atomic E-state index is 0.352. The van der Waals surface area contributed by atoms with Gasteiger partial charge < -0.3 is 4.74 Å². The molecule has 0 aromatic rings. The second kappa shape index (κ2) is 5.31. The first-order chi connectivity index (χ1) is 5.83. The maximum Gasteiger partial charge on any atom is 0.132 e. The average Bonchev–Trinajstić information content (AvgIpc) is 2.87. The van der Waals surface area contributed by atoms with E-state index in [9.17, 15) is 4.79 Å². The second-order valence-corrected chi connectivity index (χ2v) is 3.51. The summed E-state index contributed by atoms with van der Waals surface area (Å²) >= 11 is 0. The Balaban J connectivity index is 1.78. The van der Waals surface area contributed by atoms with Gasteiger partial charge >= 0.3 is 0 Å². The molecule has 12 heavy (non-hydrogen) atoms. The summed E-state index contributed by atoms with van der Waals surface area (Å²) in [6.07, 6.45) is 4.95. The van der Waals surface area contributed by atoms with Crippen LogP contribution in [0.3, 0.4) is 0 Å². The van der Waals surface area contributed by atoms with E-state index in [-0.39, 0.29) is 0 Å². The highest BCUT2D eigenvalue weighted by Gasteiger charge is 2.20. The van der Waals surface area contributed by atoms with Crippen molar-refractivity contribution < 1.29 is 9.53 Å². The van der Waals surface area contributed by atoms with Gasteiger partial charge in [0, 0.05) is 26.1 Å². The molecule has 0 saturated heterocycles. The van der Waals surface area contributed by atoms with Crippen LogP contribution in [0.25, 0.3) is 0 Å². The standard InChI is InChI=1S/C10H18O2/c1-2-10(11)4-3-7-12-8-9-5-6-9/h9H,2-8H2,1H3. The molecule has 2 heteroatoms. The van der Waals surface area contributed by atoms with Gasteiger partial charge in [-0.05, 0) is 25.2 Å². The maximum absolute atomic E-state index is 10.9. The third-order valence-corrected chi connectivity index (χ3v) is 2.19. The van der Waals surface area contributed by atoms with E-state index >= 15 is 0 Å². The monoisotopic (exact) mass is 170 g/mol. The smallest absolute Gasteiger partial charge is 0.132 e. The fourth-order valence-corrected chi connectivity index (χ4v) is 1.08. The molecule has 2 nitrogen and oxygen atoms in total. The summed E-state index contributed by atoms with van der Waals surface area (Å²) in [6, 6.07) is 0. The summed E-state index contributed by atoms with van der Waals surface area (Å²) in [6.45, 7) is 3.59. The number of ether oxygens (including phenoxy) is 1. The summed E-state index contributed by atoms with van der Waals surface area (Å²) in [5.74, 6) is 1.19. The lowest BCUT2D eigenvalue weighted by molar-refractivity contribution is -0.119. The van der Waals surface area contributed by atoms with E-state index in [4.69, 9.17) is 4.74 Å².